The molecule has 0 bridgehead atoms. The van der Waals surface area contributed by atoms with Gasteiger partial charge in [-0.2, -0.15) is 0 Å². The summed E-state index contributed by atoms with van der Waals surface area (Å²) in [6, 6.07) is -0.782. The van der Waals surface area contributed by atoms with Crippen LogP contribution in [-0.4, -0.2) is 107 Å². The van der Waals surface area contributed by atoms with Crippen LogP contribution in [0.4, 0.5) is 5.13 Å². The van der Waals surface area contributed by atoms with Crippen LogP contribution in [0.3, 0.4) is 0 Å². The van der Waals surface area contributed by atoms with Crippen molar-refractivity contribution >= 4 is 70.2 Å². The fourth-order valence-corrected chi connectivity index (χ4v) is 6.42. The highest BCUT2D eigenvalue weighted by atomic mass is 35.5. The first-order valence-electron chi connectivity index (χ1n) is 10.2. The Hall–Kier alpha value is -2.44. The molecule has 1 fully saturated rings. The number of likely N-dealkylation sites (N-methyl/N-ethyl adjacent to an activating group) is 1. The molecule has 1 saturated heterocycles. The van der Waals surface area contributed by atoms with E-state index in [9.17, 15) is 19.5 Å². The monoisotopic (exact) mass is 579 g/mol. The van der Waals surface area contributed by atoms with Gasteiger partial charge < -0.3 is 26.5 Å². The number of β-lactam (4-membered cyclic amide) rings is 1. The topological polar surface area (TPSA) is 204 Å². The lowest BCUT2D eigenvalue weighted by Gasteiger charge is -2.49. The highest BCUT2D eigenvalue weighted by Crippen LogP contribution is 2.41. The molecule has 2 aromatic heterocycles. The van der Waals surface area contributed by atoms with Crippen molar-refractivity contribution in [1.29, 1.82) is 0 Å². The van der Waals surface area contributed by atoms with Gasteiger partial charge in [0.2, 0.25) is 11.1 Å². The van der Waals surface area contributed by atoms with Crippen LogP contribution in [0.15, 0.2) is 21.8 Å². The van der Waals surface area contributed by atoms with Crippen molar-refractivity contribution in [3.05, 3.63) is 22.3 Å². The summed E-state index contributed by atoms with van der Waals surface area (Å²) in [5.41, 5.74) is 6.68. The Kier molecular flexibility index (Phi) is 10.5. The number of carboxylic acids is 1. The number of nitrogens with one attached hydrogen (secondary N) is 1. The molecule has 0 spiro atoms. The summed E-state index contributed by atoms with van der Waals surface area (Å²) < 4.78 is 1.67. The highest BCUT2D eigenvalue weighted by Gasteiger charge is 2.54. The Bertz CT molecular complexity index is 1140. The number of thioether (sulfide) groups is 2. The number of carboxylic acid groups (broad SMARTS) is 1. The largest absolute Gasteiger partial charge is 0.477 e. The Morgan fingerprint density at radius 1 is 1.39 bits per heavy atom. The number of hydrogen-bond acceptors (Lipinski definition) is 12. The first-order chi connectivity index (χ1) is 16.2. The van der Waals surface area contributed by atoms with Gasteiger partial charge in [0.05, 0.1) is 18.7 Å². The molecule has 2 aliphatic rings. The maximum Gasteiger partial charge on any atom is 0.352 e. The number of hydrogen-bond donors (Lipinski definition) is 3. The summed E-state index contributed by atoms with van der Waals surface area (Å²) in [5.74, 6) is -1.24. The van der Waals surface area contributed by atoms with Crippen LogP contribution in [0, 0.1) is 0 Å². The molecule has 0 aromatic carbocycles. The lowest BCUT2D eigenvalue weighted by molar-refractivity contribution is -0.150. The lowest BCUT2D eigenvalue weighted by atomic mass is 10.0. The number of tetrazole rings is 1. The average molecular weight is 580 g/mol. The van der Waals surface area contributed by atoms with Gasteiger partial charge in [0.15, 0.2) is 5.13 Å². The minimum absolute atomic E-state index is 0. The number of fused-ring (bicyclic) bond motifs is 1. The summed E-state index contributed by atoms with van der Waals surface area (Å²) >= 11 is 3.98. The van der Waals surface area contributed by atoms with Gasteiger partial charge in [-0.3, -0.25) is 14.5 Å². The molecule has 4 rings (SSSR count). The van der Waals surface area contributed by atoms with E-state index in [1.807, 2.05) is 19.0 Å². The normalized spacial score (nSPS) is 18.8. The fraction of sp³-hybridized carbons (Fsp3) is 0.500. The molecule has 2 atom stereocenters. The number of carbonyl (C=O) groups is 3. The van der Waals surface area contributed by atoms with Crippen LogP contribution in [0.5, 0.6) is 0 Å². The van der Waals surface area contributed by atoms with Crippen LogP contribution in [0.1, 0.15) is 5.69 Å². The van der Waals surface area contributed by atoms with E-state index in [0.29, 0.717) is 39.6 Å². The predicted octanol–water partition coefficient (Wildman–Crippen LogP) is -1.06. The van der Waals surface area contributed by atoms with Gasteiger partial charge in [0.1, 0.15) is 17.1 Å². The fourth-order valence-electron chi connectivity index (χ4n) is 3.47. The number of aliphatic carboxylic acids is 1. The van der Waals surface area contributed by atoms with E-state index in [1.54, 1.807) is 10.1 Å². The van der Waals surface area contributed by atoms with E-state index in [0.717, 1.165) is 6.54 Å². The van der Waals surface area contributed by atoms with Crippen LogP contribution in [0.2, 0.25) is 0 Å². The zero-order valence-electron chi connectivity index (χ0n) is 19.3. The number of nitrogens with zero attached hydrogens (tertiary/aromatic N) is 7. The van der Waals surface area contributed by atoms with Crippen molar-refractivity contribution in [1.82, 2.24) is 40.3 Å². The molecule has 2 aromatic rings. The van der Waals surface area contributed by atoms with Crippen molar-refractivity contribution in [2.75, 3.05) is 37.9 Å². The second-order valence-electron chi connectivity index (χ2n) is 7.84. The standard InChI is InChI=1S/C18H23N9O4S3.ClH.H2O/c1-25(2)3-4-26-18(22-23-24-26)34-7-9-6-32-15-12(14(29)27(15)13(9)16(30)31)21-11(28)5-10-8-33-17(19)20-10;;/h8,12,15H,3-7H2,1-2H3,(H2,19,20)(H,21,28)(H,30,31);1H;1H2/t12-,15-;;/m1../s1. The van der Waals surface area contributed by atoms with Crippen molar-refractivity contribution in [3.8, 4) is 0 Å². The third kappa shape index (κ3) is 6.46. The molecule has 0 aliphatic carbocycles. The summed E-state index contributed by atoms with van der Waals surface area (Å²) in [7, 11) is 3.90. The predicted molar refractivity (Wildman–Crippen MR) is 138 cm³/mol. The summed E-state index contributed by atoms with van der Waals surface area (Å²) in [6.07, 6.45) is 0.000917. The number of aromatic nitrogens is 5. The van der Waals surface area contributed by atoms with E-state index in [-0.39, 0.29) is 35.9 Å². The minimum Gasteiger partial charge on any atom is -0.477 e. The van der Waals surface area contributed by atoms with E-state index < -0.39 is 23.3 Å². The van der Waals surface area contributed by atoms with E-state index in [4.69, 9.17) is 5.73 Å². The molecular weight excluding hydrogens is 554 g/mol. The average Bonchev–Trinajstić information content (AvgIpc) is 3.41. The highest BCUT2D eigenvalue weighted by molar-refractivity contribution is 8.01. The second kappa shape index (κ2) is 12.7. The summed E-state index contributed by atoms with van der Waals surface area (Å²) in [5, 5.41) is 26.4. The van der Waals surface area contributed by atoms with Crippen molar-refractivity contribution in [2.24, 2.45) is 0 Å². The SMILES string of the molecule is CN(C)CCn1nnnc1SCC1=C(C(=O)O)N2C(=O)[C@@H](NC(=O)Cc3csc(N)n3)[C@H]2SC1.Cl.O. The molecule has 18 heteroatoms. The van der Waals surface area contributed by atoms with Gasteiger partial charge in [-0.15, -0.1) is 40.6 Å². The van der Waals surface area contributed by atoms with Crippen LogP contribution < -0.4 is 11.1 Å². The van der Waals surface area contributed by atoms with Gasteiger partial charge in [-0.25, -0.2) is 14.5 Å². The maximum absolute atomic E-state index is 12.8. The number of nitrogens with two attached hydrogens (primary N) is 1. The third-order valence-corrected chi connectivity index (χ3v) is 8.22. The first kappa shape index (κ1) is 29.8. The maximum atomic E-state index is 12.8. The van der Waals surface area contributed by atoms with Crippen LogP contribution in [0.25, 0.3) is 0 Å². The third-order valence-electron chi connectivity index (χ3n) is 5.11. The van der Waals surface area contributed by atoms with Crippen molar-refractivity contribution in [2.45, 2.75) is 29.5 Å². The zero-order valence-corrected chi connectivity index (χ0v) is 22.5. The van der Waals surface area contributed by atoms with Gasteiger partial charge in [-0.05, 0) is 30.1 Å². The number of carbonyl (C=O) groups excluding carboxylic acids is 2. The van der Waals surface area contributed by atoms with Gasteiger partial charge in [0.25, 0.3) is 5.91 Å². The first-order valence-corrected chi connectivity index (χ1v) is 13.1. The van der Waals surface area contributed by atoms with Crippen molar-refractivity contribution in [3.63, 3.8) is 0 Å². The molecule has 0 radical (unpaired) electrons. The van der Waals surface area contributed by atoms with Gasteiger partial charge in [-0.1, -0.05) is 11.8 Å². The van der Waals surface area contributed by atoms with Crippen LogP contribution in [-0.2, 0) is 27.3 Å². The molecule has 6 N–H and O–H groups in total. The molecule has 2 aliphatic heterocycles. The van der Waals surface area contributed by atoms with Crippen LogP contribution >= 0.6 is 47.3 Å². The smallest absolute Gasteiger partial charge is 0.352 e. The number of rotatable bonds is 10. The minimum atomic E-state index is -1.18. The second-order valence-corrected chi connectivity index (χ2v) is 10.8. The lowest BCUT2D eigenvalue weighted by Crippen LogP contribution is -2.70. The summed E-state index contributed by atoms with van der Waals surface area (Å²) in [6.45, 7) is 1.36. The Labute approximate surface area is 224 Å². The number of thiazole rings is 1. The number of anilines is 1. The van der Waals surface area contributed by atoms with Gasteiger partial charge in [0, 0.05) is 23.4 Å². The number of nitrogen functional groups attached to an aromatic ring is 1. The Morgan fingerprint density at radius 3 is 2.78 bits per heavy atom. The van der Waals surface area contributed by atoms with Crippen molar-refractivity contribution < 1.29 is 25.0 Å². The summed E-state index contributed by atoms with van der Waals surface area (Å²) in [4.78, 5) is 44.5. The quantitative estimate of drug-likeness (QED) is 0.228. The molecule has 0 unspecified atom stereocenters. The molecule has 36 heavy (non-hydrogen) atoms. The Morgan fingerprint density at radius 2 is 2.14 bits per heavy atom. The van der Waals surface area contributed by atoms with Gasteiger partial charge >= 0.3 is 5.97 Å². The molecule has 14 nitrogen and oxygen atoms in total. The Balaban J connectivity index is 0.00000228. The van der Waals surface area contributed by atoms with E-state index in [1.165, 1.54) is 39.8 Å². The number of amides is 2. The zero-order chi connectivity index (χ0) is 24.4. The molecule has 0 saturated carbocycles. The molecular formula is C18H26ClN9O5S3. The molecule has 198 valence electrons. The van der Waals surface area contributed by atoms with E-state index in [2.05, 4.69) is 25.8 Å². The molecule has 2 amide bonds. The number of halogens is 1. The molecule has 4 heterocycles. The van der Waals surface area contributed by atoms with E-state index >= 15 is 0 Å².